The summed E-state index contributed by atoms with van der Waals surface area (Å²) < 4.78 is 0. The van der Waals surface area contributed by atoms with E-state index < -0.39 is 16.9 Å². The highest BCUT2D eigenvalue weighted by molar-refractivity contribution is 6.00. The Hall–Kier alpha value is -2.93. The highest BCUT2D eigenvalue weighted by Gasteiger charge is 2.17. The third-order valence-corrected chi connectivity index (χ3v) is 3.65. The second-order valence-corrected chi connectivity index (χ2v) is 5.37. The fourth-order valence-electron chi connectivity index (χ4n) is 2.24. The molecular formula is C17H19N3O4. The maximum Gasteiger partial charge on any atom is 0.270 e. The van der Waals surface area contributed by atoms with Crippen LogP contribution >= 0.6 is 0 Å². The molecule has 2 rings (SSSR count). The molecule has 0 heterocycles. The molecule has 126 valence electrons. The number of aliphatic hydroxyl groups excluding tert-OH is 1. The van der Waals surface area contributed by atoms with Crippen molar-refractivity contribution in [3.63, 3.8) is 0 Å². The molecular weight excluding hydrogens is 310 g/mol. The topological polar surface area (TPSA) is 105 Å². The van der Waals surface area contributed by atoms with E-state index in [0.29, 0.717) is 11.3 Å². The van der Waals surface area contributed by atoms with E-state index in [1.54, 1.807) is 19.2 Å². The smallest absolute Gasteiger partial charge is 0.270 e. The third kappa shape index (κ3) is 4.08. The number of non-ortho nitro benzene ring substituents is 1. The molecule has 0 spiro atoms. The monoisotopic (exact) mass is 329 g/mol. The Balaban J connectivity index is 2.10. The van der Waals surface area contributed by atoms with Crippen LogP contribution in [0.5, 0.6) is 0 Å². The minimum atomic E-state index is -0.855. The van der Waals surface area contributed by atoms with E-state index in [2.05, 4.69) is 10.6 Å². The number of nitro groups is 1. The van der Waals surface area contributed by atoms with Crippen LogP contribution in [0.25, 0.3) is 0 Å². The first-order valence-corrected chi connectivity index (χ1v) is 7.41. The van der Waals surface area contributed by atoms with Gasteiger partial charge >= 0.3 is 0 Å². The van der Waals surface area contributed by atoms with Gasteiger partial charge in [-0.1, -0.05) is 29.8 Å². The zero-order chi connectivity index (χ0) is 17.7. The van der Waals surface area contributed by atoms with Crippen molar-refractivity contribution in [2.45, 2.75) is 13.0 Å². The molecule has 0 aliphatic heterocycles. The van der Waals surface area contributed by atoms with Gasteiger partial charge in [-0.25, -0.2) is 0 Å². The number of nitrogens with zero attached hydrogens (tertiary/aromatic N) is 1. The number of benzene rings is 2. The number of aryl methyl sites for hydroxylation is 1. The van der Waals surface area contributed by atoms with Crippen molar-refractivity contribution in [3.8, 4) is 0 Å². The van der Waals surface area contributed by atoms with E-state index >= 15 is 0 Å². The minimum Gasteiger partial charge on any atom is -0.387 e. The molecule has 0 bridgehead atoms. The van der Waals surface area contributed by atoms with Crippen molar-refractivity contribution in [2.24, 2.45) is 0 Å². The van der Waals surface area contributed by atoms with E-state index in [9.17, 15) is 20.0 Å². The Kier molecular flexibility index (Phi) is 5.49. The Bertz CT molecular complexity index is 744. The normalized spacial score (nSPS) is 11.6. The van der Waals surface area contributed by atoms with Gasteiger partial charge < -0.3 is 15.7 Å². The Morgan fingerprint density at radius 2 is 1.92 bits per heavy atom. The van der Waals surface area contributed by atoms with Crippen molar-refractivity contribution in [3.05, 3.63) is 69.3 Å². The maximum absolute atomic E-state index is 12.3. The Morgan fingerprint density at radius 3 is 2.50 bits per heavy atom. The first-order valence-electron chi connectivity index (χ1n) is 7.41. The summed E-state index contributed by atoms with van der Waals surface area (Å²) in [5, 5.41) is 26.4. The molecule has 24 heavy (non-hydrogen) atoms. The quantitative estimate of drug-likeness (QED) is 0.557. The van der Waals surface area contributed by atoms with Gasteiger partial charge in [-0.05, 0) is 18.6 Å². The molecule has 3 N–H and O–H groups in total. The van der Waals surface area contributed by atoms with Gasteiger partial charge in [0.15, 0.2) is 0 Å². The van der Waals surface area contributed by atoms with E-state index in [0.717, 1.165) is 5.56 Å². The van der Waals surface area contributed by atoms with Gasteiger partial charge in [0.25, 0.3) is 11.6 Å². The predicted molar refractivity (Wildman–Crippen MR) is 91.1 cm³/mol. The lowest BCUT2D eigenvalue weighted by atomic mass is 10.1. The van der Waals surface area contributed by atoms with Gasteiger partial charge in [0.1, 0.15) is 0 Å². The summed E-state index contributed by atoms with van der Waals surface area (Å²) in [5.74, 6) is -0.491. The molecule has 0 saturated carbocycles. The molecule has 0 aliphatic carbocycles. The van der Waals surface area contributed by atoms with E-state index in [1.165, 1.54) is 18.2 Å². The molecule has 2 aromatic rings. The van der Waals surface area contributed by atoms with Crippen LogP contribution in [-0.2, 0) is 0 Å². The van der Waals surface area contributed by atoms with Crippen molar-refractivity contribution in [1.29, 1.82) is 0 Å². The summed E-state index contributed by atoms with van der Waals surface area (Å²) in [5.41, 5.74) is 2.22. The molecule has 0 saturated heterocycles. The number of hydrogen-bond donors (Lipinski definition) is 3. The number of amides is 1. The van der Waals surface area contributed by atoms with E-state index in [-0.39, 0.29) is 17.8 Å². The number of rotatable bonds is 6. The summed E-state index contributed by atoms with van der Waals surface area (Å²) in [6.45, 7) is 1.95. The highest BCUT2D eigenvalue weighted by Crippen LogP contribution is 2.22. The van der Waals surface area contributed by atoms with E-state index in [4.69, 9.17) is 0 Å². The summed E-state index contributed by atoms with van der Waals surface area (Å²) in [7, 11) is 1.62. The zero-order valence-electron chi connectivity index (χ0n) is 13.4. The summed E-state index contributed by atoms with van der Waals surface area (Å²) in [6.07, 6.45) is -0.855. The van der Waals surface area contributed by atoms with Crippen LogP contribution < -0.4 is 10.6 Å². The van der Waals surface area contributed by atoms with Crippen molar-refractivity contribution < 1.29 is 14.8 Å². The lowest BCUT2D eigenvalue weighted by Crippen LogP contribution is -2.29. The molecule has 0 fully saturated rings. The lowest BCUT2D eigenvalue weighted by molar-refractivity contribution is -0.384. The van der Waals surface area contributed by atoms with Crippen LogP contribution in [-0.4, -0.2) is 29.5 Å². The summed E-state index contributed by atoms with van der Waals surface area (Å²) in [6, 6.07) is 11.3. The predicted octanol–water partition coefficient (Wildman–Crippen LogP) is 2.41. The van der Waals surface area contributed by atoms with Gasteiger partial charge in [0.2, 0.25) is 0 Å². The van der Waals surface area contributed by atoms with Gasteiger partial charge in [-0.3, -0.25) is 14.9 Å². The number of hydrogen-bond acceptors (Lipinski definition) is 5. The first-order chi connectivity index (χ1) is 11.4. The highest BCUT2D eigenvalue weighted by atomic mass is 16.6. The SMILES string of the molecule is CNc1ccc([N+](=O)[O-])cc1C(=O)NC[C@@H](O)c1ccc(C)cc1. The Labute approximate surface area is 139 Å². The number of aliphatic hydroxyl groups is 1. The number of nitrogens with one attached hydrogen (secondary N) is 2. The molecule has 1 atom stereocenters. The molecule has 7 heteroatoms. The maximum atomic E-state index is 12.3. The summed E-state index contributed by atoms with van der Waals surface area (Å²) >= 11 is 0. The lowest BCUT2D eigenvalue weighted by Gasteiger charge is -2.14. The number of carbonyl (C=O) groups excluding carboxylic acids is 1. The van der Waals surface area contributed by atoms with E-state index in [1.807, 2.05) is 19.1 Å². The molecule has 7 nitrogen and oxygen atoms in total. The number of anilines is 1. The molecule has 0 aromatic heterocycles. The fraction of sp³-hybridized carbons (Fsp3) is 0.235. The van der Waals surface area contributed by atoms with Gasteiger partial charge in [-0.15, -0.1) is 0 Å². The molecule has 0 aliphatic rings. The zero-order valence-corrected chi connectivity index (χ0v) is 13.4. The van der Waals surface area contributed by atoms with Crippen LogP contribution in [0.3, 0.4) is 0 Å². The van der Waals surface area contributed by atoms with Gasteiger partial charge in [0, 0.05) is 31.4 Å². The number of carbonyl (C=O) groups is 1. The standard InChI is InChI=1S/C17H19N3O4/c1-11-3-5-12(6-4-11)16(21)10-19-17(22)14-9-13(20(23)24)7-8-15(14)18-2/h3-9,16,18,21H,10H2,1-2H3,(H,19,22)/t16-/m1/s1. The van der Waals surface area contributed by atoms with Gasteiger partial charge in [0.05, 0.1) is 16.6 Å². The average molecular weight is 329 g/mol. The molecule has 0 unspecified atom stereocenters. The second kappa shape index (κ2) is 7.56. The largest absolute Gasteiger partial charge is 0.387 e. The van der Waals surface area contributed by atoms with Gasteiger partial charge in [-0.2, -0.15) is 0 Å². The summed E-state index contributed by atoms with van der Waals surface area (Å²) in [4.78, 5) is 22.6. The third-order valence-electron chi connectivity index (χ3n) is 3.65. The van der Waals surface area contributed by atoms with Crippen molar-refractivity contribution in [1.82, 2.24) is 5.32 Å². The Morgan fingerprint density at radius 1 is 1.25 bits per heavy atom. The van der Waals surface area contributed by atoms with Crippen LogP contribution in [0.1, 0.15) is 27.6 Å². The molecule has 1 amide bonds. The van der Waals surface area contributed by atoms with Crippen LogP contribution in [0, 0.1) is 17.0 Å². The van der Waals surface area contributed by atoms with Crippen LogP contribution in [0.15, 0.2) is 42.5 Å². The average Bonchev–Trinajstić information content (AvgIpc) is 2.59. The first kappa shape index (κ1) is 17.4. The fourth-order valence-corrected chi connectivity index (χ4v) is 2.24. The number of nitro benzene ring substituents is 1. The molecule has 2 aromatic carbocycles. The van der Waals surface area contributed by atoms with Crippen molar-refractivity contribution >= 4 is 17.3 Å². The second-order valence-electron chi connectivity index (χ2n) is 5.37. The molecule has 0 radical (unpaired) electrons. The van der Waals surface area contributed by atoms with Crippen molar-refractivity contribution in [2.75, 3.05) is 18.9 Å². The van der Waals surface area contributed by atoms with Crippen LogP contribution in [0.2, 0.25) is 0 Å². The van der Waals surface area contributed by atoms with Crippen LogP contribution in [0.4, 0.5) is 11.4 Å². The minimum absolute atomic E-state index is 0.00768.